The van der Waals surface area contributed by atoms with Crippen LogP contribution in [0.1, 0.15) is 17.5 Å². The minimum absolute atomic E-state index is 0.307. The molecular weight excluding hydrogens is 267 g/mol. The number of nitriles is 1. The molecule has 1 atom stereocenters. The lowest BCUT2D eigenvalue weighted by molar-refractivity contribution is -0.142. The molecule has 1 aromatic rings. The Morgan fingerprint density at radius 1 is 1.58 bits per heavy atom. The van der Waals surface area contributed by atoms with Gasteiger partial charge in [0, 0.05) is 5.75 Å². The van der Waals surface area contributed by atoms with Crippen molar-refractivity contribution in [2.24, 2.45) is 5.73 Å². The van der Waals surface area contributed by atoms with Gasteiger partial charge in [-0.1, -0.05) is 0 Å². The summed E-state index contributed by atoms with van der Waals surface area (Å²) in [5, 5.41) is 8.73. The summed E-state index contributed by atoms with van der Waals surface area (Å²) in [6, 6.07) is 5.53. The number of thioether (sulfide) groups is 1. The Hall–Kier alpha value is -1.58. The van der Waals surface area contributed by atoms with Crippen LogP contribution >= 0.6 is 11.8 Å². The number of methoxy groups -OCH3 is 1. The second-order valence-corrected chi connectivity index (χ2v) is 5.04. The highest BCUT2D eigenvalue weighted by molar-refractivity contribution is 7.98. The Labute approximate surface area is 115 Å². The highest BCUT2D eigenvalue weighted by atomic mass is 32.2. The van der Waals surface area contributed by atoms with Crippen LogP contribution in [0.25, 0.3) is 0 Å². The SMILES string of the molecule is COC(=O)C(N)CCSCc1cc(F)cc(C#N)c1. The number of hydrogen-bond donors (Lipinski definition) is 1. The number of ether oxygens (including phenoxy) is 1. The molecule has 0 saturated carbocycles. The number of nitrogens with two attached hydrogens (primary N) is 1. The summed E-state index contributed by atoms with van der Waals surface area (Å²) < 4.78 is 17.7. The molecule has 0 aliphatic heterocycles. The molecule has 1 aromatic carbocycles. The fourth-order valence-electron chi connectivity index (χ4n) is 1.47. The monoisotopic (exact) mass is 282 g/mol. The average molecular weight is 282 g/mol. The molecule has 4 nitrogen and oxygen atoms in total. The van der Waals surface area contributed by atoms with Gasteiger partial charge in [-0.15, -0.1) is 0 Å². The molecule has 1 rings (SSSR count). The minimum atomic E-state index is -0.625. The van der Waals surface area contributed by atoms with Crippen molar-refractivity contribution in [1.29, 1.82) is 5.26 Å². The van der Waals surface area contributed by atoms with E-state index in [9.17, 15) is 9.18 Å². The molecule has 0 heterocycles. The van der Waals surface area contributed by atoms with Gasteiger partial charge in [0.2, 0.25) is 0 Å². The molecule has 0 bridgehead atoms. The van der Waals surface area contributed by atoms with Crippen LogP contribution in [0.2, 0.25) is 0 Å². The molecule has 0 aliphatic rings. The second-order valence-electron chi connectivity index (χ2n) is 3.93. The fraction of sp³-hybridized carbons (Fsp3) is 0.385. The third kappa shape index (κ3) is 5.28. The van der Waals surface area contributed by atoms with Crippen molar-refractivity contribution < 1.29 is 13.9 Å². The van der Waals surface area contributed by atoms with Crippen molar-refractivity contribution >= 4 is 17.7 Å². The third-order valence-corrected chi connectivity index (χ3v) is 3.49. The maximum Gasteiger partial charge on any atom is 0.322 e. The van der Waals surface area contributed by atoms with Crippen LogP contribution in [0.3, 0.4) is 0 Å². The van der Waals surface area contributed by atoms with Crippen LogP contribution in [0, 0.1) is 17.1 Å². The zero-order valence-corrected chi connectivity index (χ0v) is 11.4. The van der Waals surface area contributed by atoms with Gasteiger partial charge in [0.25, 0.3) is 0 Å². The van der Waals surface area contributed by atoms with Crippen molar-refractivity contribution in [3.8, 4) is 6.07 Å². The van der Waals surface area contributed by atoms with Gasteiger partial charge in [-0.25, -0.2) is 4.39 Å². The lowest BCUT2D eigenvalue weighted by atomic mass is 10.1. The molecule has 0 amide bonds. The molecule has 0 saturated heterocycles. The highest BCUT2D eigenvalue weighted by Gasteiger charge is 2.12. The van der Waals surface area contributed by atoms with Gasteiger partial charge in [0.1, 0.15) is 11.9 Å². The van der Waals surface area contributed by atoms with Gasteiger partial charge in [-0.3, -0.25) is 4.79 Å². The van der Waals surface area contributed by atoms with E-state index in [4.69, 9.17) is 11.0 Å². The van der Waals surface area contributed by atoms with Crippen molar-refractivity contribution in [3.05, 3.63) is 35.1 Å². The molecule has 19 heavy (non-hydrogen) atoms. The Balaban J connectivity index is 2.40. The summed E-state index contributed by atoms with van der Waals surface area (Å²) in [6.07, 6.45) is 0.498. The normalized spacial score (nSPS) is 11.7. The van der Waals surface area contributed by atoms with Gasteiger partial charge in [-0.2, -0.15) is 17.0 Å². The van der Waals surface area contributed by atoms with Crippen LogP contribution in [-0.2, 0) is 15.3 Å². The molecule has 0 spiro atoms. The molecule has 6 heteroatoms. The summed E-state index contributed by atoms with van der Waals surface area (Å²) >= 11 is 1.53. The minimum Gasteiger partial charge on any atom is -0.468 e. The lowest BCUT2D eigenvalue weighted by Gasteiger charge is -2.08. The van der Waals surface area contributed by atoms with Crippen LogP contribution in [0.15, 0.2) is 18.2 Å². The molecule has 0 radical (unpaired) electrons. The Morgan fingerprint density at radius 2 is 2.32 bits per heavy atom. The first-order valence-electron chi connectivity index (χ1n) is 5.67. The predicted molar refractivity (Wildman–Crippen MR) is 71.9 cm³/mol. The number of halogens is 1. The van der Waals surface area contributed by atoms with Gasteiger partial charge in [0.15, 0.2) is 0 Å². The molecule has 1 unspecified atom stereocenters. The highest BCUT2D eigenvalue weighted by Crippen LogP contribution is 2.16. The van der Waals surface area contributed by atoms with E-state index >= 15 is 0 Å². The van der Waals surface area contributed by atoms with Gasteiger partial charge in [-0.05, 0) is 35.9 Å². The number of hydrogen-bond acceptors (Lipinski definition) is 5. The average Bonchev–Trinajstić information content (AvgIpc) is 2.41. The van der Waals surface area contributed by atoms with E-state index < -0.39 is 17.8 Å². The second kappa shape index (κ2) is 7.77. The summed E-state index contributed by atoms with van der Waals surface area (Å²) in [6.45, 7) is 0. The van der Waals surface area contributed by atoms with Crippen LogP contribution in [0.5, 0.6) is 0 Å². The van der Waals surface area contributed by atoms with E-state index in [-0.39, 0.29) is 0 Å². The number of rotatable bonds is 6. The number of esters is 1. The van der Waals surface area contributed by atoms with E-state index in [1.54, 1.807) is 6.07 Å². The standard InChI is InChI=1S/C13H15FN2O2S/c1-18-13(17)12(16)2-3-19-8-10-4-9(7-15)5-11(14)6-10/h4-6,12H,2-3,8,16H2,1H3. The topological polar surface area (TPSA) is 76.1 Å². The molecule has 0 aromatic heterocycles. The summed E-state index contributed by atoms with van der Waals surface area (Å²) in [4.78, 5) is 11.1. The van der Waals surface area contributed by atoms with Crippen LogP contribution in [-0.4, -0.2) is 24.9 Å². The largest absolute Gasteiger partial charge is 0.468 e. The Kier molecular flexibility index (Phi) is 6.33. The van der Waals surface area contributed by atoms with Gasteiger partial charge in [0.05, 0.1) is 18.7 Å². The summed E-state index contributed by atoms with van der Waals surface area (Å²) in [5.74, 6) is 0.383. The van der Waals surface area contributed by atoms with Crippen LogP contribution in [0.4, 0.5) is 4.39 Å². The van der Waals surface area contributed by atoms with Gasteiger partial charge >= 0.3 is 5.97 Å². The Morgan fingerprint density at radius 3 is 2.95 bits per heavy atom. The van der Waals surface area contributed by atoms with Crippen molar-refractivity contribution in [1.82, 2.24) is 0 Å². The first-order valence-corrected chi connectivity index (χ1v) is 6.83. The maximum absolute atomic E-state index is 13.2. The zero-order valence-electron chi connectivity index (χ0n) is 10.6. The summed E-state index contributed by atoms with van der Waals surface area (Å²) in [7, 11) is 1.30. The number of nitrogens with zero attached hydrogens (tertiary/aromatic N) is 1. The third-order valence-electron chi connectivity index (χ3n) is 2.43. The predicted octanol–water partition coefficient (Wildman–Crippen LogP) is 1.82. The molecule has 0 fully saturated rings. The number of benzene rings is 1. The number of carbonyl (C=O) groups excluding carboxylic acids is 1. The smallest absolute Gasteiger partial charge is 0.322 e. The van der Waals surface area contributed by atoms with E-state index in [1.807, 2.05) is 6.07 Å². The lowest BCUT2D eigenvalue weighted by Crippen LogP contribution is -2.31. The quantitative estimate of drug-likeness (QED) is 0.636. The van der Waals surface area contributed by atoms with Crippen molar-refractivity contribution in [2.75, 3.05) is 12.9 Å². The van der Waals surface area contributed by atoms with E-state index in [0.717, 1.165) is 5.56 Å². The maximum atomic E-state index is 13.2. The first kappa shape index (κ1) is 15.5. The van der Waals surface area contributed by atoms with Crippen LogP contribution < -0.4 is 5.73 Å². The Bertz CT molecular complexity index is 488. The molecule has 0 aliphatic carbocycles. The first-order chi connectivity index (χ1) is 9.06. The molecule has 102 valence electrons. The summed E-state index contributed by atoms with van der Waals surface area (Å²) in [5.41, 5.74) is 6.64. The van der Waals surface area contributed by atoms with Crippen molar-refractivity contribution in [2.45, 2.75) is 18.2 Å². The molecule has 2 N–H and O–H groups in total. The van der Waals surface area contributed by atoms with E-state index in [2.05, 4.69) is 4.74 Å². The van der Waals surface area contributed by atoms with E-state index in [0.29, 0.717) is 23.5 Å². The molecular formula is C13H15FN2O2S. The number of carbonyl (C=O) groups is 1. The van der Waals surface area contributed by atoms with Crippen molar-refractivity contribution in [3.63, 3.8) is 0 Å². The van der Waals surface area contributed by atoms with Gasteiger partial charge < -0.3 is 10.5 Å². The van der Waals surface area contributed by atoms with E-state index in [1.165, 1.54) is 31.0 Å². The fourth-order valence-corrected chi connectivity index (χ4v) is 2.44. The zero-order chi connectivity index (χ0) is 14.3.